The number of carbonyl (C=O) groups is 1. The molecular weight excluding hydrogens is 154 g/mol. The van der Waals surface area contributed by atoms with Crippen molar-refractivity contribution in [1.29, 1.82) is 5.26 Å². The summed E-state index contributed by atoms with van der Waals surface area (Å²) in [4.78, 5) is 11.2. The number of carbonyl (C=O) groups excluding carboxylic acids is 1. The second-order valence-corrected chi connectivity index (χ2v) is 4.04. The van der Waals surface area contributed by atoms with E-state index in [2.05, 4.69) is 10.8 Å². The van der Waals surface area contributed by atoms with Crippen molar-refractivity contribution in [3.8, 4) is 6.07 Å². The van der Waals surface area contributed by atoms with Crippen molar-refractivity contribution < 1.29 is 9.53 Å². The Balaban J connectivity index is 2.10. The summed E-state index contributed by atoms with van der Waals surface area (Å²) in [7, 11) is 1.35. The third kappa shape index (κ3) is 0.781. The summed E-state index contributed by atoms with van der Waals surface area (Å²) in [5.74, 6) is -0.345. The second-order valence-electron chi connectivity index (χ2n) is 4.04. The Kier molecular flexibility index (Phi) is 1.27. The van der Waals surface area contributed by atoms with Crippen LogP contribution in [0.25, 0.3) is 0 Å². The first kappa shape index (κ1) is 7.60. The number of nitrogens with zero attached hydrogens (tertiary/aromatic N) is 1. The van der Waals surface area contributed by atoms with E-state index in [0.717, 1.165) is 12.8 Å². The van der Waals surface area contributed by atoms with Crippen LogP contribution in [0.15, 0.2) is 0 Å². The molecule has 3 nitrogen and oxygen atoms in total. The van der Waals surface area contributed by atoms with Crippen LogP contribution in [-0.4, -0.2) is 13.1 Å². The third-order valence-corrected chi connectivity index (χ3v) is 3.10. The highest BCUT2D eigenvalue weighted by Crippen LogP contribution is 2.68. The number of rotatable bonds is 1. The lowest BCUT2D eigenvalue weighted by Gasteiger charge is -2.40. The number of methoxy groups -OCH3 is 1. The van der Waals surface area contributed by atoms with Crippen molar-refractivity contribution in [3.63, 3.8) is 0 Å². The standard InChI is InChI=1S/C9H11NO2/c1-12-7(11)9(6-10)4-8(5-9)2-3-8/h2-5H2,1H3. The number of nitriles is 1. The van der Waals surface area contributed by atoms with Crippen LogP contribution in [0.2, 0.25) is 0 Å². The smallest absolute Gasteiger partial charge is 0.326 e. The van der Waals surface area contributed by atoms with Crippen LogP contribution in [0.1, 0.15) is 25.7 Å². The molecule has 2 aliphatic rings. The quantitative estimate of drug-likeness (QED) is 0.549. The monoisotopic (exact) mass is 165 g/mol. The van der Waals surface area contributed by atoms with Crippen molar-refractivity contribution in [2.24, 2.45) is 10.8 Å². The number of esters is 1. The lowest BCUT2D eigenvalue weighted by atomic mass is 9.60. The molecule has 0 unspecified atom stereocenters. The first-order valence-electron chi connectivity index (χ1n) is 4.16. The van der Waals surface area contributed by atoms with Crippen molar-refractivity contribution in [1.82, 2.24) is 0 Å². The van der Waals surface area contributed by atoms with Crippen LogP contribution in [0, 0.1) is 22.2 Å². The predicted octanol–water partition coefficient (Wildman–Crippen LogP) is 1.24. The molecule has 0 atom stereocenters. The molecule has 0 amide bonds. The summed E-state index contributed by atoms with van der Waals surface area (Å²) >= 11 is 0. The molecule has 2 saturated carbocycles. The highest BCUT2D eigenvalue weighted by atomic mass is 16.5. The van der Waals surface area contributed by atoms with E-state index in [1.165, 1.54) is 20.0 Å². The second kappa shape index (κ2) is 2.01. The van der Waals surface area contributed by atoms with Gasteiger partial charge in [0.05, 0.1) is 13.2 Å². The van der Waals surface area contributed by atoms with Crippen LogP contribution in [0.3, 0.4) is 0 Å². The first-order chi connectivity index (χ1) is 5.66. The summed E-state index contributed by atoms with van der Waals surface area (Å²) < 4.78 is 4.61. The van der Waals surface area contributed by atoms with Crippen molar-refractivity contribution in [3.05, 3.63) is 0 Å². The average molecular weight is 165 g/mol. The predicted molar refractivity (Wildman–Crippen MR) is 41.0 cm³/mol. The largest absolute Gasteiger partial charge is 0.468 e. The first-order valence-corrected chi connectivity index (χ1v) is 4.16. The molecule has 0 N–H and O–H groups in total. The van der Waals surface area contributed by atoms with Gasteiger partial charge in [-0.1, -0.05) is 0 Å². The highest BCUT2D eigenvalue weighted by Gasteiger charge is 2.65. The normalized spacial score (nSPS) is 27.0. The molecule has 2 aliphatic carbocycles. The Labute approximate surface area is 71.3 Å². The van der Waals surface area contributed by atoms with Gasteiger partial charge in [0.25, 0.3) is 0 Å². The molecular formula is C9H11NO2. The number of hydrogen-bond acceptors (Lipinski definition) is 3. The van der Waals surface area contributed by atoms with E-state index in [0.29, 0.717) is 5.41 Å². The fraction of sp³-hybridized carbons (Fsp3) is 0.778. The van der Waals surface area contributed by atoms with E-state index in [9.17, 15) is 4.79 Å². The topological polar surface area (TPSA) is 50.1 Å². The van der Waals surface area contributed by atoms with Crippen molar-refractivity contribution in [2.45, 2.75) is 25.7 Å². The molecule has 2 rings (SSSR count). The van der Waals surface area contributed by atoms with Gasteiger partial charge < -0.3 is 4.74 Å². The summed E-state index contributed by atoms with van der Waals surface area (Å²) in [6, 6.07) is 2.09. The minimum absolute atomic E-state index is 0.345. The van der Waals surface area contributed by atoms with Crippen molar-refractivity contribution >= 4 is 5.97 Å². The number of ether oxygens (including phenoxy) is 1. The maximum Gasteiger partial charge on any atom is 0.326 e. The molecule has 2 fully saturated rings. The highest BCUT2D eigenvalue weighted by molar-refractivity contribution is 5.81. The molecule has 0 saturated heterocycles. The molecule has 0 radical (unpaired) electrons. The SMILES string of the molecule is COC(=O)C1(C#N)CC2(CC2)C1. The van der Waals surface area contributed by atoms with Gasteiger partial charge in [0, 0.05) is 0 Å². The Morgan fingerprint density at radius 1 is 1.50 bits per heavy atom. The van der Waals surface area contributed by atoms with E-state index in [4.69, 9.17) is 5.26 Å². The summed E-state index contributed by atoms with van der Waals surface area (Å²) in [6.07, 6.45) is 3.83. The van der Waals surface area contributed by atoms with Gasteiger partial charge in [-0.05, 0) is 31.1 Å². The van der Waals surface area contributed by atoms with E-state index in [1.54, 1.807) is 0 Å². The molecule has 0 aliphatic heterocycles. The van der Waals surface area contributed by atoms with E-state index >= 15 is 0 Å². The maximum atomic E-state index is 11.2. The van der Waals surface area contributed by atoms with E-state index in [1.807, 2.05) is 0 Å². The van der Waals surface area contributed by atoms with Gasteiger partial charge in [0.1, 0.15) is 0 Å². The Morgan fingerprint density at radius 3 is 2.42 bits per heavy atom. The summed E-state index contributed by atoms with van der Waals surface area (Å²) in [5, 5.41) is 8.85. The average Bonchev–Trinajstić information content (AvgIpc) is 2.79. The lowest BCUT2D eigenvalue weighted by Crippen LogP contribution is -2.44. The zero-order valence-corrected chi connectivity index (χ0v) is 7.09. The zero-order valence-electron chi connectivity index (χ0n) is 7.09. The summed E-state index contributed by atoms with van der Waals surface area (Å²) in [6.45, 7) is 0. The van der Waals surface area contributed by atoms with E-state index in [-0.39, 0.29) is 5.97 Å². The molecule has 1 spiro atoms. The van der Waals surface area contributed by atoms with Gasteiger partial charge in [-0.15, -0.1) is 0 Å². The van der Waals surface area contributed by atoms with Crippen LogP contribution in [0.5, 0.6) is 0 Å². The molecule has 0 heterocycles. The van der Waals surface area contributed by atoms with Crippen LogP contribution < -0.4 is 0 Å². The lowest BCUT2D eigenvalue weighted by molar-refractivity contribution is -0.157. The van der Waals surface area contributed by atoms with Crippen molar-refractivity contribution in [2.75, 3.05) is 7.11 Å². The van der Waals surface area contributed by atoms with Gasteiger partial charge in [-0.3, -0.25) is 4.79 Å². The molecule has 12 heavy (non-hydrogen) atoms. The van der Waals surface area contributed by atoms with Gasteiger partial charge in [0.15, 0.2) is 5.41 Å². The minimum Gasteiger partial charge on any atom is -0.468 e. The third-order valence-electron chi connectivity index (χ3n) is 3.10. The fourth-order valence-electron chi connectivity index (χ4n) is 2.22. The van der Waals surface area contributed by atoms with Crippen LogP contribution in [0.4, 0.5) is 0 Å². The summed E-state index contributed by atoms with van der Waals surface area (Å²) in [5.41, 5.74) is -0.421. The molecule has 3 heteroatoms. The van der Waals surface area contributed by atoms with Gasteiger partial charge in [-0.25, -0.2) is 0 Å². The molecule has 64 valence electrons. The number of hydrogen-bond donors (Lipinski definition) is 0. The molecule has 0 aromatic carbocycles. The Bertz CT molecular complexity index is 265. The van der Waals surface area contributed by atoms with Gasteiger partial charge in [0.2, 0.25) is 0 Å². The van der Waals surface area contributed by atoms with Gasteiger partial charge in [-0.2, -0.15) is 5.26 Å². The van der Waals surface area contributed by atoms with Crippen LogP contribution >= 0.6 is 0 Å². The minimum atomic E-state index is -0.786. The van der Waals surface area contributed by atoms with Gasteiger partial charge >= 0.3 is 5.97 Å². The molecule has 0 aromatic heterocycles. The Morgan fingerprint density at radius 2 is 2.08 bits per heavy atom. The Hall–Kier alpha value is -1.04. The molecule has 0 bridgehead atoms. The zero-order chi connectivity index (χ0) is 8.82. The van der Waals surface area contributed by atoms with E-state index < -0.39 is 5.41 Å². The maximum absolute atomic E-state index is 11.2. The van der Waals surface area contributed by atoms with Crippen LogP contribution in [-0.2, 0) is 9.53 Å². The fourth-order valence-corrected chi connectivity index (χ4v) is 2.22. The molecule has 0 aromatic rings.